The number of thioether (sulfide) groups is 1. The summed E-state index contributed by atoms with van der Waals surface area (Å²) in [6, 6.07) is 31.5. The predicted octanol–water partition coefficient (Wildman–Crippen LogP) is 8.15. The fourth-order valence-corrected chi connectivity index (χ4v) is 6.24. The highest BCUT2D eigenvalue weighted by atomic mass is 32.2. The molecule has 3 N–H and O–H groups in total. The second kappa shape index (κ2) is 12.2. The maximum absolute atomic E-state index is 13.4. The number of benzene rings is 3. The van der Waals surface area contributed by atoms with Crippen molar-refractivity contribution < 1.29 is 4.79 Å². The Labute approximate surface area is 233 Å². The number of nitrogens with one attached hydrogen (secondary N) is 3. The van der Waals surface area contributed by atoms with Crippen LogP contribution < -0.4 is 16.0 Å². The fraction of sp³-hybridized carbons (Fsp3) is 0.0357. The second-order valence-electron chi connectivity index (χ2n) is 7.88. The first-order valence-electron chi connectivity index (χ1n) is 11.4. The zero-order valence-corrected chi connectivity index (χ0v) is 22.7. The molecule has 0 aliphatic rings. The molecule has 0 bridgehead atoms. The molecule has 0 aliphatic heterocycles. The average molecular weight is 559 g/mol. The molecule has 0 spiro atoms. The summed E-state index contributed by atoms with van der Waals surface area (Å²) in [5, 5.41) is 14.0. The summed E-state index contributed by atoms with van der Waals surface area (Å²) < 4.78 is 0. The van der Waals surface area contributed by atoms with E-state index in [1.54, 1.807) is 11.3 Å². The van der Waals surface area contributed by atoms with Gasteiger partial charge in [0.15, 0.2) is 10.2 Å². The number of anilines is 3. The van der Waals surface area contributed by atoms with E-state index in [-0.39, 0.29) is 5.91 Å². The molecule has 5 rings (SSSR count). The van der Waals surface area contributed by atoms with E-state index in [2.05, 4.69) is 20.9 Å². The van der Waals surface area contributed by atoms with Gasteiger partial charge >= 0.3 is 0 Å². The summed E-state index contributed by atoms with van der Waals surface area (Å²) >= 11 is 9.98. The highest BCUT2D eigenvalue weighted by Crippen LogP contribution is 2.37. The van der Waals surface area contributed by atoms with Gasteiger partial charge in [-0.05, 0) is 65.6 Å². The predicted molar refractivity (Wildman–Crippen MR) is 162 cm³/mol. The number of hydrogen-bond donors (Lipinski definition) is 3. The van der Waals surface area contributed by atoms with Crippen molar-refractivity contribution in [3.8, 4) is 10.6 Å². The van der Waals surface area contributed by atoms with E-state index in [0.29, 0.717) is 10.2 Å². The van der Waals surface area contributed by atoms with E-state index in [1.807, 2.05) is 108 Å². The second-order valence-corrected chi connectivity index (χ2v) is 11.3. The zero-order valence-electron chi connectivity index (χ0n) is 19.5. The third-order valence-corrected chi connectivity index (χ3v) is 8.37. The molecule has 37 heavy (non-hydrogen) atoms. The van der Waals surface area contributed by atoms with Crippen molar-refractivity contribution in [3.05, 3.63) is 113 Å². The van der Waals surface area contributed by atoms with Crippen LogP contribution in [0.25, 0.3) is 10.6 Å². The van der Waals surface area contributed by atoms with Crippen LogP contribution in [0.5, 0.6) is 0 Å². The van der Waals surface area contributed by atoms with E-state index in [4.69, 9.17) is 12.2 Å². The third-order valence-electron chi connectivity index (χ3n) is 5.25. The number of thiazole rings is 1. The van der Waals surface area contributed by atoms with Gasteiger partial charge < -0.3 is 16.0 Å². The Morgan fingerprint density at radius 1 is 0.784 bits per heavy atom. The van der Waals surface area contributed by atoms with Gasteiger partial charge in [0.05, 0.1) is 10.6 Å². The van der Waals surface area contributed by atoms with Crippen LogP contribution in [-0.2, 0) is 4.79 Å². The lowest BCUT2D eigenvalue weighted by Crippen LogP contribution is -2.19. The largest absolute Gasteiger partial charge is 0.332 e. The molecule has 184 valence electrons. The molecular weight excluding hydrogens is 537 g/mol. The van der Waals surface area contributed by atoms with E-state index in [9.17, 15) is 4.79 Å². The Hall–Kier alpha value is -3.50. The van der Waals surface area contributed by atoms with Crippen molar-refractivity contribution in [3.63, 3.8) is 0 Å². The first kappa shape index (κ1) is 25.2. The van der Waals surface area contributed by atoms with Gasteiger partial charge in [-0.1, -0.05) is 54.6 Å². The number of carbonyl (C=O) groups is 1. The summed E-state index contributed by atoms with van der Waals surface area (Å²) in [7, 11) is 0. The highest BCUT2D eigenvalue weighted by molar-refractivity contribution is 8.00. The van der Waals surface area contributed by atoms with E-state index in [1.165, 1.54) is 23.1 Å². The number of carbonyl (C=O) groups excluding carboxylic acids is 1. The Morgan fingerprint density at radius 2 is 1.46 bits per heavy atom. The van der Waals surface area contributed by atoms with E-state index < -0.39 is 5.25 Å². The Balaban J connectivity index is 1.26. The van der Waals surface area contributed by atoms with Gasteiger partial charge in [-0.3, -0.25) is 4.79 Å². The topological polar surface area (TPSA) is 66.0 Å². The number of thiocarbonyl (C=S) groups is 1. The van der Waals surface area contributed by atoms with E-state index >= 15 is 0 Å². The molecule has 2 aromatic heterocycles. The Bertz CT molecular complexity index is 1450. The van der Waals surface area contributed by atoms with Gasteiger partial charge in [0.1, 0.15) is 5.25 Å². The standard InChI is InChI=1S/C28H22N4OS4/c33-26(32-28-31-23(18-36-28)24-12-7-17-35-24)25(19-8-3-1-4-9-19)37-22-15-13-21(14-16-22)30-27(34)29-20-10-5-2-6-11-20/h1-18,25H,(H2,29,30,34)(H,31,32,33). The number of amides is 1. The first-order chi connectivity index (χ1) is 18.1. The smallest absolute Gasteiger partial charge is 0.244 e. The minimum Gasteiger partial charge on any atom is -0.332 e. The van der Waals surface area contributed by atoms with Crippen molar-refractivity contribution in [2.75, 3.05) is 16.0 Å². The van der Waals surface area contributed by atoms with Gasteiger partial charge in [-0.25, -0.2) is 4.98 Å². The van der Waals surface area contributed by atoms with Crippen LogP contribution in [0.15, 0.2) is 113 Å². The van der Waals surface area contributed by atoms with Crippen LogP contribution in [0.1, 0.15) is 10.8 Å². The van der Waals surface area contributed by atoms with Gasteiger partial charge in [-0.2, -0.15) is 0 Å². The first-order valence-corrected chi connectivity index (χ1v) is 14.4. The summed E-state index contributed by atoms with van der Waals surface area (Å²) in [5.41, 5.74) is 3.59. The Kier molecular flexibility index (Phi) is 8.27. The normalized spacial score (nSPS) is 11.5. The summed E-state index contributed by atoms with van der Waals surface area (Å²) in [6.45, 7) is 0. The molecule has 5 nitrogen and oxygen atoms in total. The summed E-state index contributed by atoms with van der Waals surface area (Å²) in [6.07, 6.45) is 0. The Morgan fingerprint density at radius 3 is 2.14 bits per heavy atom. The van der Waals surface area contributed by atoms with Crippen LogP contribution >= 0.6 is 46.7 Å². The number of hydrogen-bond acceptors (Lipinski definition) is 6. The molecule has 5 aromatic rings. The molecule has 0 aliphatic carbocycles. The van der Waals surface area contributed by atoms with Crippen LogP contribution in [0, 0.1) is 0 Å². The lowest BCUT2D eigenvalue weighted by atomic mass is 10.1. The highest BCUT2D eigenvalue weighted by Gasteiger charge is 2.23. The monoisotopic (exact) mass is 558 g/mol. The van der Waals surface area contributed by atoms with Crippen molar-refractivity contribution >= 4 is 74.2 Å². The summed E-state index contributed by atoms with van der Waals surface area (Å²) in [5.74, 6) is -0.112. The van der Waals surface area contributed by atoms with Crippen molar-refractivity contribution in [1.29, 1.82) is 0 Å². The minimum atomic E-state index is -0.435. The van der Waals surface area contributed by atoms with Crippen LogP contribution in [0.4, 0.5) is 16.5 Å². The quantitative estimate of drug-likeness (QED) is 0.132. The third kappa shape index (κ3) is 6.84. The van der Waals surface area contributed by atoms with Crippen molar-refractivity contribution in [2.24, 2.45) is 0 Å². The maximum atomic E-state index is 13.4. The molecule has 0 radical (unpaired) electrons. The van der Waals surface area contributed by atoms with Crippen molar-refractivity contribution in [2.45, 2.75) is 10.1 Å². The van der Waals surface area contributed by atoms with Crippen molar-refractivity contribution in [1.82, 2.24) is 4.98 Å². The number of rotatable bonds is 8. The van der Waals surface area contributed by atoms with Gasteiger partial charge in [0.25, 0.3) is 0 Å². The molecule has 9 heteroatoms. The lowest BCUT2D eigenvalue weighted by Gasteiger charge is -2.17. The molecule has 3 aromatic carbocycles. The number of thiophene rings is 1. The van der Waals surface area contributed by atoms with Gasteiger partial charge in [0.2, 0.25) is 5.91 Å². The fourth-order valence-electron chi connectivity index (χ4n) is 3.51. The lowest BCUT2D eigenvalue weighted by molar-refractivity contribution is -0.115. The number of para-hydroxylation sites is 1. The molecule has 1 atom stereocenters. The number of nitrogens with zero attached hydrogens (tertiary/aromatic N) is 1. The van der Waals surface area contributed by atoms with Crippen LogP contribution in [-0.4, -0.2) is 16.0 Å². The maximum Gasteiger partial charge on any atom is 0.244 e. The molecule has 0 fully saturated rings. The van der Waals surface area contributed by atoms with Crippen LogP contribution in [0.2, 0.25) is 0 Å². The van der Waals surface area contributed by atoms with Crippen LogP contribution in [0.3, 0.4) is 0 Å². The molecule has 2 heterocycles. The molecule has 0 saturated heterocycles. The average Bonchev–Trinajstić information content (AvgIpc) is 3.62. The SMILES string of the molecule is O=C(Nc1nc(-c2cccs2)cs1)C(Sc1ccc(NC(=S)Nc2ccccc2)cc1)c1ccccc1. The molecule has 1 amide bonds. The molecule has 1 unspecified atom stereocenters. The number of aromatic nitrogens is 1. The molecule has 0 saturated carbocycles. The summed E-state index contributed by atoms with van der Waals surface area (Å²) in [4.78, 5) is 20.1. The minimum absolute atomic E-state index is 0.112. The van der Waals surface area contributed by atoms with Gasteiger partial charge in [0, 0.05) is 21.7 Å². The van der Waals surface area contributed by atoms with Gasteiger partial charge in [-0.15, -0.1) is 34.4 Å². The van der Waals surface area contributed by atoms with E-state index in [0.717, 1.165) is 32.4 Å². The molecular formula is C28H22N4OS4. The zero-order chi connectivity index (χ0) is 25.5.